The van der Waals surface area contributed by atoms with E-state index in [-0.39, 0.29) is 6.54 Å². The fraction of sp³-hybridized carbons (Fsp3) is 0.111. The predicted molar refractivity (Wildman–Crippen MR) is 93.1 cm³/mol. The van der Waals surface area contributed by atoms with Crippen molar-refractivity contribution in [3.8, 4) is 11.6 Å². The van der Waals surface area contributed by atoms with Gasteiger partial charge in [-0.15, -0.1) is 0 Å². The van der Waals surface area contributed by atoms with Crippen LogP contribution in [0.3, 0.4) is 0 Å². The summed E-state index contributed by atoms with van der Waals surface area (Å²) in [7, 11) is -3.60. The summed E-state index contributed by atoms with van der Waals surface area (Å²) in [5.41, 5.74) is 1.62. The molecule has 7 heteroatoms. The third kappa shape index (κ3) is 2.83. The molecule has 0 fully saturated rings. The van der Waals surface area contributed by atoms with E-state index >= 15 is 0 Å². The third-order valence-electron chi connectivity index (χ3n) is 3.90. The van der Waals surface area contributed by atoms with Gasteiger partial charge < -0.3 is 4.74 Å². The lowest BCUT2D eigenvalue weighted by Crippen LogP contribution is -2.24. The summed E-state index contributed by atoms with van der Waals surface area (Å²) in [6.45, 7) is 2.14. The van der Waals surface area contributed by atoms with Crippen molar-refractivity contribution in [2.45, 2.75) is 18.4 Å². The molecule has 6 nitrogen and oxygen atoms in total. The highest BCUT2D eigenvalue weighted by atomic mass is 32.2. The summed E-state index contributed by atoms with van der Waals surface area (Å²) in [4.78, 5) is 8.71. The molecule has 0 radical (unpaired) electrons. The number of sulfonamides is 1. The molecule has 0 atom stereocenters. The maximum atomic E-state index is 12.8. The maximum absolute atomic E-state index is 12.8. The molecule has 0 spiro atoms. The van der Waals surface area contributed by atoms with Crippen LogP contribution in [-0.2, 0) is 16.6 Å². The number of anilines is 1. The molecule has 25 heavy (non-hydrogen) atoms. The molecular weight excluding hydrogens is 338 g/mol. The van der Waals surface area contributed by atoms with Gasteiger partial charge in [-0.2, -0.15) is 4.98 Å². The number of aromatic nitrogens is 2. The van der Waals surface area contributed by atoms with E-state index in [1.807, 2.05) is 19.1 Å². The van der Waals surface area contributed by atoms with Crippen LogP contribution in [0.25, 0.3) is 0 Å². The van der Waals surface area contributed by atoms with E-state index in [2.05, 4.69) is 9.97 Å². The molecule has 126 valence electrons. The van der Waals surface area contributed by atoms with Crippen LogP contribution in [0.4, 0.5) is 5.82 Å². The summed E-state index contributed by atoms with van der Waals surface area (Å²) in [6, 6.07) is 14.0. The topological polar surface area (TPSA) is 72.4 Å². The van der Waals surface area contributed by atoms with E-state index in [0.717, 1.165) is 11.1 Å². The predicted octanol–water partition coefficient (Wildman–Crippen LogP) is 3.29. The summed E-state index contributed by atoms with van der Waals surface area (Å²) in [5, 5.41) is 0. The maximum Gasteiger partial charge on any atom is 0.266 e. The van der Waals surface area contributed by atoms with Gasteiger partial charge in [0.05, 0.1) is 17.6 Å². The third-order valence-corrected chi connectivity index (χ3v) is 5.75. The van der Waals surface area contributed by atoms with Crippen LogP contribution in [0.1, 0.15) is 11.1 Å². The van der Waals surface area contributed by atoms with E-state index in [1.54, 1.807) is 48.8 Å². The van der Waals surface area contributed by atoms with E-state index in [9.17, 15) is 8.42 Å². The minimum atomic E-state index is -3.60. The molecule has 0 saturated heterocycles. The van der Waals surface area contributed by atoms with Gasteiger partial charge in [0.2, 0.25) is 5.88 Å². The SMILES string of the molecule is Cc1cc(Oc2cccnc2)nc(N2Cc3ccccc3S2(=O)=O)c1. The van der Waals surface area contributed by atoms with Gasteiger partial charge in [0.1, 0.15) is 11.6 Å². The number of hydrogen-bond acceptors (Lipinski definition) is 5. The van der Waals surface area contributed by atoms with Crippen molar-refractivity contribution in [3.05, 3.63) is 72.1 Å². The van der Waals surface area contributed by atoms with Crippen LogP contribution in [0.15, 0.2) is 65.8 Å². The van der Waals surface area contributed by atoms with E-state index in [4.69, 9.17) is 4.74 Å². The molecule has 0 aliphatic carbocycles. The highest BCUT2D eigenvalue weighted by Crippen LogP contribution is 2.35. The zero-order valence-electron chi connectivity index (χ0n) is 13.5. The molecular formula is C18H15N3O3S. The zero-order chi connectivity index (χ0) is 17.4. The van der Waals surface area contributed by atoms with Crippen LogP contribution in [0.2, 0.25) is 0 Å². The molecule has 0 amide bonds. The minimum absolute atomic E-state index is 0.265. The Labute approximate surface area is 145 Å². The molecule has 3 heterocycles. The van der Waals surface area contributed by atoms with Gasteiger partial charge in [-0.05, 0) is 42.3 Å². The number of ether oxygens (including phenoxy) is 1. The average Bonchev–Trinajstić information content (AvgIpc) is 2.87. The quantitative estimate of drug-likeness (QED) is 0.722. The largest absolute Gasteiger partial charge is 0.437 e. The molecule has 1 aromatic carbocycles. The number of nitrogens with zero attached hydrogens (tertiary/aromatic N) is 3. The molecule has 0 unspecified atom stereocenters. The van der Waals surface area contributed by atoms with Crippen LogP contribution in [0, 0.1) is 6.92 Å². The molecule has 0 N–H and O–H groups in total. The molecule has 0 bridgehead atoms. The Balaban J connectivity index is 1.72. The molecule has 1 aliphatic rings. The highest BCUT2D eigenvalue weighted by molar-refractivity contribution is 7.93. The van der Waals surface area contributed by atoms with Crippen molar-refractivity contribution < 1.29 is 13.2 Å². The summed E-state index contributed by atoms with van der Waals surface area (Å²) in [6.07, 6.45) is 3.22. The minimum Gasteiger partial charge on any atom is -0.437 e. The molecule has 2 aromatic heterocycles. The normalized spacial score (nSPS) is 15.0. The van der Waals surface area contributed by atoms with Gasteiger partial charge in [-0.1, -0.05) is 18.2 Å². The van der Waals surface area contributed by atoms with E-state index in [0.29, 0.717) is 22.3 Å². The van der Waals surface area contributed by atoms with Crippen LogP contribution >= 0.6 is 0 Å². The van der Waals surface area contributed by atoms with Gasteiger partial charge in [0, 0.05) is 12.3 Å². The Bertz CT molecular complexity index is 1040. The van der Waals surface area contributed by atoms with Crippen molar-refractivity contribution in [2.75, 3.05) is 4.31 Å². The van der Waals surface area contributed by atoms with E-state index in [1.165, 1.54) is 4.31 Å². The van der Waals surface area contributed by atoms with Crippen molar-refractivity contribution in [3.63, 3.8) is 0 Å². The van der Waals surface area contributed by atoms with Gasteiger partial charge >= 0.3 is 0 Å². The van der Waals surface area contributed by atoms with Gasteiger partial charge in [-0.3, -0.25) is 4.98 Å². The lowest BCUT2D eigenvalue weighted by Gasteiger charge is -2.17. The average molecular weight is 353 g/mol. The summed E-state index contributed by atoms with van der Waals surface area (Å²) >= 11 is 0. The van der Waals surface area contributed by atoms with Crippen molar-refractivity contribution >= 4 is 15.8 Å². The van der Waals surface area contributed by atoms with Crippen molar-refractivity contribution in [2.24, 2.45) is 0 Å². The van der Waals surface area contributed by atoms with Crippen LogP contribution in [0.5, 0.6) is 11.6 Å². The number of fused-ring (bicyclic) bond motifs is 1. The monoisotopic (exact) mass is 353 g/mol. The zero-order valence-corrected chi connectivity index (χ0v) is 14.3. The fourth-order valence-electron chi connectivity index (χ4n) is 2.77. The standard InChI is InChI=1S/C18H15N3O3S/c1-13-9-17(20-18(10-13)24-15-6-4-8-19-11-15)21-12-14-5-2-3-7-16(14)25(21,22)23/h2-11H,12H2,1H3. The first kappa shape index (κ1) is 15.6. The van der Waals surface area contributed by atoms with E-state index < -0.39 is 10.0 Å². The molecule has 3 aromatic rings. The second kappa shape index (κ2) is 5.86. The number of pyridine rings is 2. The summed E-state index contributed by atoms with van der Waals surface area (Å²) in [5.74, 6) is 1.21. The summed E-state index contributed by atoms with van der Waals surface area (Å²) < 4.78 is 32.6. The second-order valence-corrected chi connectivity index (χ2v) is 7.58. The van der Waals surface area contributed by atoms with Crippen molar-refractivity contribution in [1.29, 1.82) is 0 Å². The molecule has 0 saturated carbocycles. The number of hydrogen-bond donors (Lipinski definition) is 0. The Morgan fingerprint density at radius 1 is 1.12 bits per heavy atom. The highest BCUT2D eigenvalue weighted by Gasteiger charge is 2.35. The molecule has 4 rings (SSSR count). The smallest absolute Gasteiger partial charge is 0.266 e. The Kier molecular flexibility index (Phi) is 3.65. The van der Waals surface area contributed by atoms with Gasteiger partial charge in [-0.25, -0.2) is 12.7 Å². The van der Waals surface area contributed by atoms with Crippen molar-refractivity contribution in [1.82, 2.24) is 9.97 Å². The van der Waals surface area contributed by atoms with Gasteiger partial charge in [0.25, 0.3) is 10.0 Å². The second-order valence-electron chi connectivity index (χ2n) is 5.75. The lowest BCUT2D eigenvalue weighted by molar-refractivity contribution is 0.460. The van der Waals surface area contributed by atoms with Crippen LogP contribution in [-0.4, -0.2) is 18.4 Å². The number of aryl methyl sites for hydroxylation is 1. The number of rotatable bonds is 3. The number of benzene rings is 1. The molecule has 1 aliphatic heterocycles. The van der Waals surface area contributed by atoms with Crippen LogP contribution < -0.4 is 9.04 Å². The first-order chi connectivity index (χ1) is 12.0. The fourth-order valence-corrected chi connectivity index (χ4v) is 4.38. The Hall–Kier alpha value is -2.93. The first-order valence-corrected chi connectivity index (χ1v) is 9.15. The Morgan fingerprint density at radius 2 is 1.96 bits per heavy atom. The Morgan fingerprint density at radius 3 is 2.72 bits per heavy atom. The van der Waals surface area contributed by atoms with Gasteiger partial charge in [0.15, 0.2) is 0 Å². The lowest BCUT2D eigenvalue weighted by atomic mass is 10.2. The first-order valence-electron chi connectivity index (χ1n) is 7.71.